The zero-order valence-electron chi connectivity index (χ0n) is 5.63. The Balaban J connectivity index is 2.51. The second kappa shape index (κ2) is 2.35. The Morgan fingerprint density at radius 1 is 1.89 bits per heavy atom. The minimum absolute atomic E-state index is 0.0301. The van der Waals surface area contributed by atoms with Crippen molar-refractivity contribution in [2.45, 2.75) is 12.6 Å². The van der Waals surface area contributed by atoms with Crippen LogP contribution < -0.4 is 0 Å². The Morgan fingerprint density at radius 2 is 2.56 bits per heavy atom. The van der Waals surface area contributed by atoms with E-state index in [-0.39, 0.29) is 12.1 Å². The molecule has 1 amide bonds. The Labute approximate surface area is 54.6 Å². The summed E-state index contributed by atoms with van der Waals surface area (Å²) in [6.07, 6.45) is 2.32. The van der Waals surface area contributed by atoms with Crippen LogP contribution in [-0.4, -0.2) is 31.2 Å². The third-order valence-corrected chi connectivity index (χ3v) is 1.55. The molecule has 1 radical (unpaired) electrons. The summed E-state index contributed by atoms with van der Waals surface area (Å²) in [6.45, 7) is 0. The number of carbonyl (C=O) groups excluding carboxylic acids is 1. The zero-order valence-corrected chi connectivity index (χ0v) is 5.63. The first-order valence-corrected chi connectivity index (χ1v) is 2.88. The van der Waals surface area contributed by atoms with Crippen molar-refractivity contribution < 1.29 is 9.53 Å². The fraction of sp³-hybridized carbons (Fsp3) is 0.667. The lowest BCUT2D eigenvalue weighted by Gasteiger charge is -2.16. The van der Waals surface area contributed by atoms with E-state index < -0.39 is 0 Å². The van der Waals surface area contributed by atoms with Crippen LogP contribution in [-0.2, 0) is 9.53 Å². The van der Waals surface area contributed by atoms with Gasteiger partial charge in [-0.05, 0) is 0 Å². The van der Waals surface area contributed by atoms with Gasteiger partial charge in [-0.1, -0.05) is 0 Å². The fourth-order valence-electron chi connectivity index (χ4n) is 0.900. The third-order valence-electron chi connectivity index (χ3n) is 1.55. The molecule has 0 aromatic heterocycles. The number of ether oxygens (including phenoxy) is 1. The standard InChI is InChI=1S/C6H10NO2/c1-7-5(8)3-4-6(7)9-2/h3,6H,4H2,1-2H3. The maximum absolute atomic E-state index is 10.7. The first-order valence-electron chi connectivity index (χ1n) is 2.88. The number of methoxy groups -OCH3 is 1. The maximum atomic E-state index is 10.7. The molecule has 1 fully saturated rings. The van der Waals surface area contributed by atoms with E-state index in [1.54, 1.807) is 25.5 Å². The Hall–Kier alpha value is -0.570. The van der Waals surface area contributed by atoms with E-state index in [0.29, 0.717) is 6.42 Å². The van der Waals surface area contributed by atoms with E-state index in [4.69, 9.17) is 4.74 Å². The van der Waals surface area contributed by atoms with Crippen LogP contribution in [0.25, 0.3) is 0 Å². The van der Waals surface area contributed by atoms with Crippen LogP contribution >= 0.6 is 0 Å². The normalized spacial score (nSPS) is 27.6. The molecule has 0 aromatic carbocycles. The van der Waals surface area contributed by atoms with Crippen LogP contribution in [0.15, 0.2) is 0 Å². The van der Waals surface area contributed by atoms with Crippen LogP contribution in [0, 0.1) is 6.42 Å². The second-order valence-corrected chi connectivity index (χ2v) is 2.08. The molecule has 1 unspecified atom stereocenters. The van der Waals surface area contributed by atoms with Crippen molar-refractivity contribution in [3.63, 3.8) is 0 Å². The summed E-state index contributed by atoms with van der Waals surface area (Å²) >= 11 is 0. The average Bonchev–Trinajstić information content (AvgIpc) is 2.15. The summed E-state index contributed by atoms with van der Waals surface area (Å²) in [5.41, 5.74) is 0. The van der Waals surface area contributed by atoms with Gasteiger partial charge in [0.05, 0.1) is 6.42 Å². The smallest absolute Gasteiger partial charge is 0.228 e. The summed E-state index contributed by atoms with van der Waals surface area (Å²) in [5, 5.41) is 0. The van der Waals surface area contributed by atoms with Crippen molar-refractivity contribution in [3.8, 4) is 0 Å². The lowest BCUT2D eigenvalue weighted by Crippen LogP contribution is -2.29. The van der Waals surface area contributed by atoms with Gasteiger partial charge in [-0.2, -0.15) is 0 Å². The number of likely N-dealkylation sites (tertiary alicyclic amines) is 1. The van der Waals surface area contributed by atoms with Crippen LogP contribution in [0.3, 0.4) is 0 Å². The molecule has 1 aliphatic heterocycles. The molecule has 1 rings (SSSR count). The highest BCUT2D eigenvalue weighted by Crippen LogP contribution is 2.14. The average molecular weight is 128 g/mol. The highest BCUT2D eigenvalue weighted by Gasteiger charge is 2.27. The molecular weight excluding hydrogens is 118 g/mol. The minimum Gasteiger partial charge on any atom is -0.362 e. The Kier molecular flexibility index (Phi) is 1.71. The van der Waals surface area contributed by atoms with Crippen LogP contribution in [0.5, 0.6) is 0 Å². The summed E-state index contributed by atoms with van der Waals surface area (Å²) in [6, 6.07) is 0. The molecule has 3 heteroatoms. The lowest BCUT2D eigenvalue weighted by molar-refractivity contribution is -0.130. The second-order valence-electron chi connectivity index (χ2n) is 2.08. The van der Waals surface area contributed by atoms with E-state index in [9.17, 15) is 4.79 Å². The molecule has 0 N–H and O–H groups in total. The van der Waals surface area contributed by atoms with Gasteiger partial charge in [-0.25, -0.2) is 0 Å². The molecule has 3 nitrogen and oxygen atoms in total. The summed E-state index contributed by atoms with van der Waals surface area (Å²) in [7, 11) is 3.34. The Bertz CT molecular complexity index is 124. The fourth-order valence-corrected chi connectivity index (χ4v) is 0.900. The van der Waals surface area contributed by atoms with Crippen molar-refractivity contribution in [3.05, 3.63) is 6.42 Å². The maximum Gasteiger partial charge on any atom is 0.228 e. The van der Waals surface area contributed by atoms with Gasteiger partial charge < -0.3 is 9.64 Å². The molecule has 9 heavy (non-hydrogen) atoms. The van der Waals surface area contributed by atoms with E-state index in [1.165, 1.54) is 0 Å². The molecule has 1 aliphatic rings. The molecule has 1 heterocycles. The number of rotatable bonds is 1. The molecule has 0 bridgehead atoms. The SMILES string of the molecule is COC1C[CH]C(=O)N1C. The first-order chi connectivity index (χ1) is 4.25. The van der Waals surface area contributed by atoms with Crippen molar-refractivity contribution in [2.24, 2.45) is 0 Å². The number of nitrogens with zero attached hydrogens (tertiary/aromatic N) is 1. The molecule has 1 atom stereocenters. The van der Waals surface area contributed by atoms with E-state index in [2.05, 4.69) is 0 Å². The first kappa shape index (κ1) is 6.55. The van der Waals surface area contributed by atoms with Crippen molar-refractivity contribution in [1.29, 1.82) is 0 Å². The van der Waals surface area contributed by atoms with Gasteiger partial charge >= 0.3 is 0 Å². The quantitative estimate of drug-likeness (QED) is 0.498. The van der Waals surface area contributed by atoms with Crippen molar-refractivity contribution in [1.82, 2.24) is 4.90 Å². The van der Waals surface area contributed by atoms with E-state index in [1.807, 2.05) is 0 Å². The van der Waals surface area contributed by atoms with E-state index in [0.717, 1.165) is 0 Å². The van der Waals surface area contributed by atoms with Crippen molar-refractivity contribution in [2.75, 3.05) is 14.2 Å². The van der Waals surface area contributed by atoms with Crippen LogP contribution in [0.4, 0.5) is 0 Å². The molecule has 51 valence electrons. The Morgan fingerprint density at radius 3 is 2.78 bits per heavy atom. The van der Waals surface area contributed by atoms with Gasteiger partial charge in [0.2, 0.25) is 5.91 Å². The molecule has 0 aliphatic carbocycles. The monoisotopic (exact) mass is 128 g/mol. The summed E-state index contributed by atoms with van der Waals surface area (Å²) < 4.78 is 4.97. The van der Waals surface area contributed by atoms with Gasteiger partial charge in [0.25, 0.3) is 0 Å². The number of hydrogen-bond acceptors (Lipinski definition) is 2. The van der Waals surface area contributed by atoms with Gasteiger partial charge in [0, 0.05) is 20.6 Å². The van der Waals surface area contributed by atoms with Gasteiger partial charge in [-0.3, -0.25) is 4.79 Å². The lowest BCUT2D eigenvalue weighted by atomic mass is 10.4. The van der Waals surface area contributed by atoms with Gasteiger partial charge in [-0.15, -0.1) is 0 Å². The van der Waals surface area contributed by atoms with Gasteiger partial charge in [0.1, 0.15) is 6.23 Å². The largest absolute Gasteiger partial charge is 0.362 e. The summed E-state index contributed by atoms with van der Waals surface area (Å²) in [4.78, 5) is 12.3. The number of amides is 1. The van der Waals surface area contributed by atoms with Crippen LogP contribution in [0.1, 0.15) is 6.42 Å². The van der Waals surface area contributed by atoms with E-state index >= 15 is 0 Å². The highest BCUT2D eigenvalue weighted by atomic mass is 16.5. The van der Waals surface area contributed by atoms with Crippen molar-refractivity contribution >= 4 is 5.91 Å². The molecular formula is C6H10NO2. The number of hydrogen-bond donors (Lipinski definition) is 0. The third kappa shape index (κ3) is 1.05. The topological polar surface area (TPSA) is 29.5 Å². The zero-order chi connectivity index (χ0) is 6.85. The molecule has 0 saturated carbocycles. The predicted octanol–water partition coefficient (Wildman–Crippen LogP) is 0.0253. The van der Waals surface area contributed by atoms with Gasteiger partial charge in [0.15, 0.2) is 0 Å². The van der Waals surface area contributed by atoms with Crippen LogP contribution in [0.2, 0.25) is 0 Å². The highest BCUT2D eigenvalue weighted by molar-refractivity contribution is 5.86. The predicted molar refractivity (Wildman–Crippen MR) is 32.5 cm³/mol. The molecule has 1 saturated heterocycles. The number of carbonyl (C=O) groups is 1. The summed E-state index contributed by atoms with van der Waals surface area (Å²) in [5.74, 6) is 0.0573. The molecule has 0 aromatic rings. The molecule has 0 spiro atoms. The minimum atomic E-state index is -0.0301.